The number of hydrogen-bond acceptors (Lipinski definition) is 6. The monoisotopic (exact) mass is 521 g/mol. The normalized spacial score (nSPS) is 22.2. The topological polar surface area (TPSA) is 97.8 Å². The minimum atomic E-state index is -0.666. The summed E-state index contributed by atoms with van der Waals surface area (Å²) >= 11 is 3.80. The largest absolute Gasteiger partial charge is 0.508 e. The van der Waals surface area contributed by atoms with E-state index in [1.165, 1.54) is 31.9 Å². The third-order valence-corrected chi connectivity index (χ3v) is 8.17. The van der Waals surface area contributed by atoms with Crippen LogP contribution in [-0.2, 0) is 16.1 Å². The lowest BCUT2D eigenvalue weighted by molar-refractivity contribution is -0.147. The highest BCUT2D eigenvalue weighted by Crippen LogP contribution is 2.65. The highest BCUT2D eigenvalue weighted by molar-refractivity contribution is 7.77. The van der Waals surface area contributed by atoms with Crippen molar-refractivity contribution in [1.29, 1.82) is 0 Å². The van der Waals surface area contributed by atoms with Crippen LogP contribution < -0.4 is 5.73 Å². The Morgan fingerprint density at radius 2 is 1.84 bits per heavy atom. The number of ether oxygens (including phenoxy) is 1. The van der Waals surface area contributed by atoms with Crippen LogP contribution in [0.15, 0.2) is 36.4 Å². The maximum Gasteiger partial charge on any atom is 0.314 e. The Balaban J connectivity index is 0.000000655. The molecular formula is C29H35N3O4S. The maximum absolute atomic E-state index is 13.0. The number of phenolic OH excluding ortho intramolecular Hbond substituents is 1. The van der Waals surface area contributed by atoms with E-state index in [9.17, 15) is 14.7 Å². The van der Waals surface area contributed by atoms with E-state index in [2.05, 4.69) is 17.4 Å². The van der Waals surface area contributed by atoms with Gasteiger partial charge in [0.15, 0.2) is 0 Å². The van der Waals surface area contributed by atoms with E-state index in [0.29, 0.717) is 24.4 Å². The Bertz CT molecular complexity index is 1370. The van der Waals surface area contributed by atoms with E-state index in [-0.39, 0.29) is 17.6 Å². The number of phenols is 1. The number of esters is 1. The summed E-state index contributed by atoms with van der Waals surface area (Å²) in [6.45, 7) is 0.487. The van der Waals surface area contributed by atoms with Crippen LogP contribution in [0.2, 0.25) is 0 Å². The number of nitrogens with zero attached hydrogens (tertiary/aromatic N) is 2. The lowest BCUT2D eigenvalue weighted by Gasteiger charge is -2.24. The van der Waals surface area contributed by atoms with Gasteiger partial charge in [0.1, 0.15) is 5.75 Å². The van der Waals surface area contributed by atoms with Gasteiger partial charge in [-0.1, -0.05) is 38.1 Å². The van der Waals surface area contributed by atoms with Gasteiger partial charge in [0, 0.05) is 34.5 Å². The number of benzene rings is 2. The van der Waals surface area contributed by atoms with Crippen molar-refractivity contribution in [2.75, 3.05) is 21.2 Å². The summed E-state index contributed by atoms with van der Waals surface area (Å²) in [5.41, 5.74) is 10.9. The Hall–Kier alpha value is -2.97. The SMILES string of the molecule is CN(C)S.COC(=O)C12CC1c1cc(O)ccc1-c1c(C3CCCCC3)c3ccc(C(N)=O)cc3n1C2. The molecule has 8 heteroatoms. The minimum absolute atomic E-state index is 0.000490. The van der Waals surface area contributed by atoms with Gasteiger partial charge >= 0.3 is 5.97 Å². The first kappa shape index (κ1) is 25.7. The van der Waals surface area contributed by atoms with Crippen molar-refractivity contribution in [2.45, 2.75) is 56.9 Å². The predicted octanol–water partition coefficient (Wildman–Crippen LogP) is 5.21. The lowest BCUT2D eigenvalue weighted by Crippen LogP contribution is -2.24. The lowest BCUT2D eigenvalue weighted by atomic mass is 9.81. The molecule has 2 saturated carbocycles. The fourth-order valence-electron chi connectivity index (χ4n) is 6.51. The highest BCUT2D eigenvalue weighted by atomic mass is 32.1. The van der Waals surface area contributed by atoms with Crippen LogP contribution in [-0.4, -0.2) is 47.1 Å². The van der Waals surface area contributed by atoms with Crippen molar-refractivity contribution in [3.05, 3.63) is 53.1 Å². The molecule has 6 rings (SSSR count). The first-order valence-electron chi connectivity index (χ1n) is 12.9. The molecule has 2 aliphatic carbocycles. The number of carbonyl (C=O) groups is 2. The molecule has 3 aromatic rings. The Morgan fingerprint density at radius 3 is 2.49 bits per heavy atom. The fourth-order valence-corrected chi connectivity index (χ4v) is 6.51. The molecule has 3 aliphatic rings. The van der Waals surface area contributed by atoms with Gasteiger partial charge in [0.05, 0.1) is 18.2 Å². The maximum atomic E-state index is 13.0. The van der Waals surface area contributed by atoms with Crippen LogP contribution in [0.4, 0.5) is 0 Å². The van der Waals surface area contributed by atoms with Gasteiger partial charge < -0.3 is 20.1 Å². The van der Waals surface area contributed by atoms with Crippen LogP contribution in [0.3, 0.4) is 0 Å². The third-order valence-electron chi connectivity index (χ3n) is 8.17. The number of rotatable bonds is 3. The van der Waals surface area contributed by atoms with Crippen LogP contribution in [0.1, 0.15) is 71.8 Å². The number of thiol groups is 1. The van der Waals surface area contributed by atoms with Gasteiger partial charge in [-0.05, 0) is 80.7 Å². The van der Waals surface area contributed by atoms with Gasteiger partial charge in [0.25, 0.3) is 0 Å². The molecule has 0 radical (unpaired) electrons. The smallest absolute Gasteiger partial charge is 0.314 e. The molecule has 2 unspecified atom stereocenters. The van der Waals surface area contributed by atoms with Crippen molar-refractivity contribution >= 4 is 35.6 Å². The predicted molar refractivity (Wildman–Crippen MR) is 148 cm³/mol. The van der Waals surface area contributed by atoms with Crippen molar-refractivity contribution < 1.29 is 19.4 Å². The highest BCUT2D eigenvalue weighted by Gasteiger charge is 2.63. The Morgan fingerprint density at radius 1 is 1.14 bits per heavy atom. The summed E-state index contributed by atoms with van der Waals surface area (Å²) in [5, 5.41) is 11.5. The van der Waals surface area contributed by atoms with E-state index in [4.69, 9.17) is 10.5 Å². The quantitative estimate of drug-likeness (QED) is 0.325. The molecule has 3 N–H and O–H groups in total. The molecule has 0 spiro atoms. The van der Waals surface area contributed by atoms with Gasteiger partial charge in [-0.15, -0.1) is 0 Å². The molecule has 1 amide bonds. The van der Waals surface area contributed by atoms with Gasteiger partial charge in [0.2, 0.25) is 5.91 Å². The van der Waals surface area contributed by atoms with Crippen molar-refractivity contribution in [1.82, 2.24) is 8.87 Å². The average Bonchev–Trinajstić information content (AvgIpc) is 3.54. The number of fused-ring (bicyclic) bond motifs is 7. The number of carbonyl (C=O) groups excluding carboxylic acids is 2. The molecule has 2 heterocycles. The summed E-state index contributed by atoms with van der Waals surface area (Å²) < 4.78 is 9.18. The van der Waals surface area contributed by atoms with Crippen molar-refractivity contribution in [2.24, 2.45) is 11.1 Å². The molecule has 2 aromatic carbocycles. The van der Waals surface area contributed by atoms with E-state index >= 15 is 0 Å². The first-order chi connectivity index (χ1) is 17.7. The summed E-state index contributed by atoms with van der Waals surface area (Å²) in [6.07, 6.45) is 6.60. The van der Waals surface area contributed by atoms with E-state index in [1.54, 1.807) is 10.4 Å². The zero-order valence-electron chi connectivity index (χ0n) is 21.7. The second-order valence-corrected chi connectivity index (χ2v) is 11.6. The number of aromatic hydroxyl groups is 1. The number of hydrogen-bond donors (Lipinski definition) is 3. The number of nitrogens with two attached hydrogens (primary N) is 1. The average molecular weight is 522 g/mol. The third kappa shape index (κ3) is 4.40. The first-order valence-corrected chi connectivity index (χ1v) is 13.3. The second kappa shape index (κ2) is 9.72. The summed E-state index contributed by atoms with van der Waals surface area (Å²) in [5.74, 6) is -0.0545. The second-order valence-electron chi connectivity index (χ2n) is 10.8. The molecule has 37 heavy (non-hydrogen) atoms. The molecule has 2 atom stereocenters. The fraction of sp³-hybridized carbons (Fsp3) is 0.448. The van der Waals surface area contributed by atoms with Crippen molar-refractivity contribution in [3.8, 4) is 17.0 Å². The van der Waals surface area contributed by atoms with Crippen LogP contribution in [0.25, 0.3) is 22.2 Å². The van der Waals surface area contributed by atoms with Gasteiger partial charge in [-0.3, -0.25) is 13.9 Å². The molecule has 0 bridgehead atoms. The number of primary amides is 1. The molecule has 7 nitrogen and oxygen atoms in total. The van der Waals surface area contributed by atoms with Gasteiger partial charge in [-0.25, -0.2) is 0 Å². The van der Waals surface area contributed by atoms with Crippen molar-refractivity contribution in [3.63, 3.8) is 0 Å². The van der Waals surface area contributed by atoms with E-state index < -0.39 is 11.3 Å². The van der Waals surface area contributed by atoms with Crippen LogP contribution in [0.5, 0.6) is 5.75 Å². The zero-order valence-corrected chi connectivity index (χ0v) is 22.6. The molecular weight excluding hydrogens is 486 g/mol. The summed E-state index contributed by atoms with van der Waals surface area (Å²) in [4.78, 5) is 25.1. The van der Waals surface area contributed by atoms with Gasteiger partial charge in [-0.2, -0.15) is 0 Å². The molecule has 1 aliphatic heterocycles. The molecule has 1 aromatic heterocycles. The number of aromatic nitrogens is 1. The summed E-state index contributed by atoms with van der Waals surface area (Å²) in [6, 6.07) is 11.2. The van der Waals surface area contributed by atoms with E-state index in [0.717, 1.165) is 40.6 Å². The Kier molecular flexibility index (Phi) is 6.75. The van der Waals surface area contributed by atoms with Crippen LogP contribution in [0, 0.1) is 5.41 Å². The molecule has 0 saturated heterocycles. The van der Waals surface area contributed by atoms with E-state index in [1.807, 2.05) is 44.4 Å². The molecule has 2 fully saturated rings. The number of amides is 1. The zero-order chi connectivity index (χ0) is 26.5. The number of methoxy groups -OCH3 is 1. The minimum Gasteiger partial charge on any atom is -0.508 e. The standard InChI is InChI=1S/C27H28N2O4.C2H7NS/c1-33-26(32)27-13-21(27)20-12-17(30)8-10-18(20)24-23(15-5-3-2-4-6-15)19-9-7-16(25(28)31)11-22(19)29(24)14-27;1-3(2)4/h7-12,15,21,30H,2-6,13-14H2,1H3,(H2,28,31);4H,1-2H3. The van der Waals surface area contributed by atoms with Crippen LogP contribution >= 0.6 is 12.8 Å². The summed E-state index contributed by atoms with van der Waals surface area (Å²) in [7, 11) is 5.17. The molecule has 196 valence electrons. The Labute approximate surface area is 223 Å².